The van der Waals surface area contributed by atoms with Gasteiger partial charge >= 0.3 is 0 Å². The van der Waals surface area contributed by atoms with Gasteiger partial charge in [0.25, 0.3) is 0 Å². The minimum absolute atomic E-state index is 1.03. The van der Waals surface area contributed by atoms with Crippen LogP contribution in [0.2, 0.25) is 0 Å². The van der Waals surface area contributed by atoms with Crippen LogP contribution in [-0.4, -0.2) is 153 Å². The smallest absolute Gasteiger partial charge is 0.00130 e. The predicted octanol–water partition coefficient (Wildman–Crippen LogP) is 31.9. The molecule has 0 bridgehead atoms. The zero-order valence-corrected chi connectivity index (χ0v) is 85.3. The summed E-state index contributed by atoms with van der Waals surface area (Å²) >= 11 is 0. The zero-order chi connectivity index (χ0) is 93.9. The minimum atomic E-state index is 1.03. The van der Waals surface area contributed by atoms with Crippen LogP contribution < -0.4 is 0 Å². The summed E-state index contributed by atoms with van der Waals surface area (Å²) in [6.07, 6.45) is 6.33. The predicted molar refractivity (Wildman–Crippen MR) is 572 cm³/mol. The van der Waals surface area contributed by atoms with Gasteiger partial charge in [0, 0.05) is 0 Å². The molecule has 126 heavy (non-hydrogen) atoms. The highest BCUT2D eigenvalue weighted by atomic mass is 15.1. The molecule has 0 heterocycles. The quantitative estimate of drug-likeness (QED) is 0.164. The van der Waals surface area contributed by atoms with Gasteiger partial charge in [-0.05, 0) is 398 Å². The Kier molecular flexibility index (Phi) is 49.1. The fourth-order valence-electron chi connectivity index (χ4n) is 15.1. The molecule has 0 fully saturated rings. The Bertz CT molecular complexity index is 5180. The van der Waals surface area contributed by atoms with E-state index >= 15 is 0 Å². The van der Waals surface area contributed by atoms with Crippen LogP contribution in [0, 0.1) is 0 Å². The first kappa shape index (κ1) is 108. The number of fused-ring (bicyclic) bond motifs is 23. The Labute approximate surface area is 769 Å². The third-order valence-corrected chi connectivity index (χ3v) is 22.7. The maximum atomic E-state index is 2.44. The van der Waals surface area contributed by atoms with Crippen molar-refractivity contribution < 1.29 is 0 Å². The molecule has 0 radical (unpaired) electrons. The van der Waals surface area contributed by atoms with Crippen molar-refractivity contribution in [3.63, 3.8) is 0 Å². The highest BCUT2D eigenvalue weighted by molar-refractivity contribution is 6.02. The van der Waals surface area contributed by atoms with E-state index < -0.39 is 0 Å². The molecule has 6 aliphatic carbocycles. The molecule has 0 atom stereocenters. The first-order valence-electron chi connectivity index (χ1n) is 48.2. The molecule has 0 amide bonds. The molecule has 14 aromatic carbocycles. The number of benzene rings is 14. The van der Waals surface area contributed by atoms with Gasteiger partial charge < -0.3 is 29.4 Å². The second-order valence-corrected chi connectivity index (χ2v) is 31.9. The fourth-order valence-corrected chi connectivity index (χ4v) is 15.1. The lowest BCUT2D eigenvalue weighted by molar-refractivity contribution is 0.434. The summed E-state index contributed by atoms with van der Waals surface area (Å²) in [4.78, 5) is 12.8. The molecule has 0 spiro atoms. The van der Waals surface area contributed by atoms with E-state index in [9.17, 15) is 0 Å². The Balaban J connectivity index is 0.000000322. The highest BCUT2D eigenvalue weighted by Crippen LogP contribution is 2.48. The lowest BCUT2D eigenvalue weighted by Gasteiger charge is -2.09. The van der Waals surface area contributed by atoms with Crippen LogP contribution in [0.25, 0.3) is 121 Å². The molecule has 6 aliphatic rings. The van der Waals surface area contributed by atoms with E-state index in [0.717, 1.165) is 77.8 Å². The zero-order valence-electron chi connectivity index (χ0n) is 85.3. The number of hydrogen-bond donors (Lipinski definition) is 0. The molecule has 0 saturated carbocycles. The van der Waals surface area contributed by atoms with Crippen LogP contribution in [0.5, 0.6) is 0 Å². The van der Waals surface area contributed by atoms with E-state index in [1.807, 2.05) is 111 Å². The van der Waals surface area contributed by atoms with Crippen LogP contribution in [0.4, 0.5) is 0 Å². The first-order valence-corrected chi connectivity index (χ1v) is 48.2. The molecule has 0 N–H and O–H groups in total. The summed E-state index contributed by atoms with van der Waals surface area (Å²) in [6, 6.07) is 91.2. The molecule has 0 unspecified atom stereocenters. The molecular formula is C120H166N6. The lowest BCUT2D eigenvalue weighted by atomic mass is 9.95. The van der Waals surface area contributed by atoms with Crippen molar-refractivity contribution in [3.8, 4) is 66.8 Å². The average molecular weight is 1690 g/mol. The van der Waals surface area contributed by atoms with Crippen molar-refractivity contribution in [2.75, 3.05) is 124 Å². The summed E-state index contributed by atoms with van der Waals surface area (Å²) in [5.74, 6) is 0. The van der Waals surface area contributed by atoms with E-state index in [0.29, 0.717) is 0 Å². The van der Waals surface area contributed by atoms with Crippen LogP contribution >= 0.6 is 0 Å². The van der Waals surface area contributed by atoms with Gasteiger partial charge in [-0.3, -0.25) is 0 Å². The molecule has 0 saturated heterocycles. The van der Waals surface area contributed by atoms with Gasteiger partial charge in [0.15, 0.2) is 0 Å². The van der Waals surface area contributed by atoms with E-state index in [-0.39, 0.29) is 0 Å². The summed E-state index contributed by atoms with van der Waals surface area (Å²) in [6.45, 7) is 51.6. The molecule has 20 rings (SSSR count). The van der Waals surface area contributed by atoms with Crippen LogP contribution in [-0.2, 0) is 38.5 Å². The van der Waals surface area contributed by atoms with Gasteiger partial charge in [0.2, 0.25) is 0 Å². The van der Waals surface area contributed by atoms with Crippen LogP contribution in [0.1, 0.15) is 219 Å². The van der Waals surface area contributed by atoms with Crippen molar-refractivity contribution in [2.24, 2.45) is 0 Å². The maximum Gasteiger partial charge on any atom is -0.00130 e. The second kappa shape index (κ2) is 57.1. The minimum Gasteiger partial charge on any atom is -0.310 e. The van der Waals surface area contributed by atoms with Crippen molar-refractivity contribution in [1.29, 1.82) is 0 Å². The van der Waals surface area contributed by atoms with Gasteiger partial charge in [-0.2, -0.15) is 0 Å². The Hall–Kier alpha value is -9.86. The lowest BCUT2D eigenvalue weighted by Crippen LogP contribution is -2.08. The normalized spacial score (nSPS) is 11.2. The van der Waals surface area contributed by atoms with Crippen molar-refractivity contribution in [2.45, 2.75) is 191 Å². The Morgan fingerprint density at radius 1 is 0.143 bits per heavy atom. The van der Waals surface area contributed by atoms with Gasteiger partial charge in [-0.25, -0.2) is 0 Å². The van der Waals surface area contributed by atoms with Gasteiger partial charge in [-0.15, -0.1) is 0 Å². The molecule has 676 valence electrons. The van der Waals surface area contributed by atoms with E-state index in [2.05, 4.69) is 398 Å². The third kappa shape index (κ3) is 29.1. The molecular weight excluding hydrogens is 1530 g/mol. The summed E-state index contributed by atoms with van der Waals surface area (Å²) in [5.41, 5.74) is 34.5. The monoisotopic (exact) mass is 1690 g/mol. The van der Waals surface area contributed by atoms with Gasteiger partial charge in [-0.1, -0.05) is 346 Å². The molecule has 14 aromatic rings. The topological polar surface area (TPSA) is 19.4 Å². The standard InChI is InChI=1S/C32H20.2C24H16.6C4H11N.8C2H6/c1-3-7-21-15-29-25(9-19(21)5-1)13-27-11-23-18-32-28(12-24(23)17-31(27)29)14-26-10-20-6-2-4-8-22(20)16-30(26)32;1-3-7-21-15(5-1)9-19-11-17-14-24-20(12-18(17)13-23(19)21)10-16-6-2-4-8-22(16)24;1-3-7-21-15(5-1)9-19-11-17-12-20-10-16-6-2-4-8-22(16)24(20)14-18(17)13-23(19)21;6*1-4-5(2)3;8*1-2/h1-12,15-18H,13-14H2;2*1-8,11-14H,9-10H2;6*4H2,1-3H3;8*1-2H3. The molecule has 6 heteroatoms. The summed E-state index contributed by atoms with van der Waals surface area (Å²) in [5, 5.41) is 13.5. The summed E-state index contributed by atoms with van der Waals surface area (Å²) < 4.78 is 0. The number of nitrogens with zero attached hydrogens (tertiary/aromatic N) is 6. The van der Waals surface area contributed by atoms with Gasteiger partial charge in [0.05, 0.1) is 0 Å². The van der Waals surface area contributed by atoms with E-state index in [1.165, 1.54) is 187 Å². The highest BCUT2D eigenvalue weighted by Gasteiger charge is 2.27. The molecule has 6 nitrogen and oxygen atoms in total. The largest absolute Gasteiger partial charge is 0.310 e. The van der Waals surface area contributed by atoms with Crippen molar-refractivity contribution >= 4 is 53.9 Å². The van der Waals surface area contributed by atoms with Crippen LogP contribution in [0.15, 0.2) is 243 Å². The Morgan fingerprint density at radius 2 is 0.254 bits per heavy atom. The Morgan fingerprint density at radius 3 is 0.429 bits per heavy atom. The fraction of sp³-hybridized carbons (Fsp3) is 0.383. The second-order valence-electron chi connectivity index (χ2n) is 31.9. The van der Waals surface area contributed by atoms with Gasteiger partial charge in [0.1, 0.15) is 0 Å². The average Bonchev–Trinajstić information content (AvgIpc) is 1.59. The number of rotatable bonds is 6. The summed E-state index contributed by atoms with van der Waals surface area (Å²) in [7, 11) is 24.7. The maximum absolute atomic E-state index is 2.44. The van der Waals surface area contributed by atoms with Crippen LogP contribution in [0.3, 0.4) is 0 Å². The first-order chi connectivity index (χ1) is 61.1. The third-order valence-electron chi connectivity index (χ3n) is 22.7. The molecule has 0 aliphatic heterocycles. The SMILES string of the molecule is CC.CC.CC.CC.CC.CC.CC.CC.CCN(C)C.CCN(C)C.CCN(C)C.CCN(C)C.CCN(C)C.CCN(C)C.c1ccc2c(c1)Cc1cc3cc4c(cc3cc1-2)-c1ccccc1C4.c1ccc2c(c1)Cc1cc3cc4c(cc3cc1-2)Cc1ccccc1-4.c1ccc2cc3c(cc2c1)Cc1cc2cc4c(cc2cc1-3)Cc1cc2ccccc2cc1-4. The van der Waals surface area contributed by atoms with Crippen molar-refractivity contribution in [1.82, 2.24) is 29.4 Å². The number of hydrogen-bond acceptors (Lipinski definition) is 6. The van der Waals surface area contributed by atoms with E-state index in [1.54, 1.807) is 0 Å². The molecule has 0 aromatic heterocycles. The van der Waals surface area contributed by atoms with E-state index in [4.69, 9.17) is 0 Å². The van der Waals surface area contributed by atoms with Crippen molar-refractivity contribution in [3.05, 3.63) is 309 Å².